The molecule has 3 aromatic carbocycles. The van der Waals surface area contributed by atoms with Crippen LogP contribution >= 0.6 is 0 Å². The number of rotatable bonds is 11. The maximum absolute atomic E-state index is 10.9. The third-order valence-corrected chi connectivity index (χ3v) is 5.27. The van der Waals surface area contributed by atoms with E-state index in [2.05, 4.69) is 0 Å². The molecule has 1 unspecified atom stereocenters. The number of carboxylic acid groups (broad SMARTS) is 2. The van der Waals surface area contributed by atoms with Crippen molar-refractivity contribution >= 4 is 11.9 Å². The highest BCUT2D eigenvalue weighted by atomic mass is 16.5. The van der Waals surface area contributed by atoms with Crippen LogP contribution in [0.2, 0.25) is 0 Å². The summed E-state index contributed by atoms with van der Waals surface area (Å²) in [5.41, 5.74) is 1.11. The van der Waals surface area contributed by atoms with E-state index in [0.717, 1.165) is 5.56 Å². The van der Waals surface area contributed by atoms with Gasteiger partial charge in [-0.2, -0.15) is 0 Å². The first-order chi connectivity index (χ1) is 16.5. The zero-order valence-electron chi connectivity index (χ0n) is 18.3. The van der Waals surface area contributed by atoms with E-state index in [0.29, 0.717) is 55.0 Å². The highest BCUT2D eigenvalue weighted by molar-refractivity contribution is 5.87. The molecule has 176 valence electrons. The lowest BCUT2D eigenvalue weighted by Crippen LogP contribution is -2.07. The van der Waals surface area contributed by atoms with Crippen LogP contribution in [0.3, 0.4) is 0 Å². The summed E-state index contributed by atoms with van der Waals surface area (Å²) in [7, 11) is 0. The predicted octanol–water partition coefficient (Wildman–Crippen LogP) is 4.98. The predicted molar refractivity (Wildman–Crippen MR) is 122 cm³/mol. The van der Waals surface area contributed by atoms with Crippen molar-refractivity contribution in [3.63, 3.8) is 0 Å². The molecule has 0 amide bonds. The second-order valence-electron chi connectivity index (χ2n) is 7.76. The Morgan fingerprint density at radius 2 is 1.41 bits per heavy atom. The quantitative estimate of drug-likeness (QED) is 0.383. The normalized spacial score (nSPS) is 14.1. The molecule has 1 atom stereocenters. The average Bonchev–Trinajstić information content (AvgIpc) is 3.21. The van der Waals surface area contributed by atoms with Gasteiger partial charge in [-0.25, -0.2) is 4.79 Å². The van der Waals surface area contributed by atoms with Crippen LogP contribution in [0.1, 0.15) is 34.7 Å². The fourth-order valence-electron chi connectivity index (χ4n) is 3.57. The van der Waals surface area contributed by atoms with E-state index in [4.69, 9.17) is 29.2 Å². The summed E-state index contributed by atoms with van der Waals surface area (Å²) in [5, 5.41) is 17.9. The van der Waals surface area contributed by atoms with Crippen molar-refractivity contribution in [3.8, 4) is 28.7 Å². The van der Waals surface area contributed by atoms with Gasteiger partial charge in [0, 0.05) is 24.0 Å². The van der Waals surface area contributed by atoms with Crippen LogP contribution in [0.4, 0.5) is 0 Å². The minimum absolute atomic E-state index is 0.0531. The Morgan fingerprint density at radius 1 is 0.824 bits per heavy atom. The van der Waals surface area contributed by atoms with Crippen molar-refractivity contribution in [1.29, 1.82) is 0 Å². The second-order valence-corrected chi connectivity index (χ2v) is 7.76. The summed E-state index contributed by atoms with van der Waals surface area (Å²) >= 11 is 0. The van der Waals surface area contributed by atoms with Crippen LogP contribution in [0.15, 0.2) is 66.7 Å². The number of ether oxygens (including phenoxy) is 4. The lowest BCUT2D eigenvalue weighted by molar-refractivity contribution is -0.137. The SMILES string of the molecule is O=C(O)CC1COc2cc(OCCCOc3ccc(Oc4ccc(C(=O)O)cc4)cc3)ccc21. The molecule has 0 saturated heterocycles. The van der Waals surface area contributed by atoms with Gasteiger partial charge in [-0.3, -0.25) is 4.79 Å². The van der Waals surface area contributed by atoms with E-state index in [1.807, 2.05) is 12.1 Å². The van der Waals surface area contributed by atoms with Gasteiger partial charge in [-0.05, 0) is 54.6 Å². The molecule has 0 aliphatic carbocycles. The molecule has 8 heteroatoms. The van der Waals surface area contributed by atoms with Crippen LogP contribution in [-0.4, -0.2) is 42.0 Å². The first kappa shape index (κ1) is 23.0. The van der Waals surface area contributed by atoms with E-state index >= 15 is 0 Å². The number of aliphatic carboxylic acids is 1. The van der Waals surface area contributed by atoms with Crippen molar-refractivity contribution in [2.75, 3.05) is 19.8 Å². The highest BCUT2D eigenvalue weighted by Crippen LogP contribution is 2.38. The van der Waals surface area contributed by atoms with Crippen LogP contribution in [0, 0.1) is 0 Å². The number of benzene rings is 3. The maximum atomic E-state index is 10.9. The van der Waals surface area contributed by atoms with Gasteiger partial charge in [0.05, 0.1) is 31.8 Å². The number of carbonyl (C=O) groups is 2. The van der Waals surface area contributed by atoms with E-state index in [-0.39, 0.29) is 17.9 Å². The van der Waals surface area contributed by atoms with Crippen LogP contribution in [-0.2, 0) is 4.79 Å². The van der Waals surface area contributed by atoms with Gasteiger partial charge in [0.2, 0.25) is 0 Å². The fraction of sp³-hybridized carbons (Fsp3) is 0.231. The van der Waals surface area contributed by atoms with E-state index < -0.39 is 11.9 Å². The molecule has 1 heterocycles. The lowest BCUT2D eigenvalue weighted by atomic mass is 9.98. The Bertz CT molecular complexity index is 1140. The summed E-state index contributed by atoms with van der Waals surface area (Å²) in [6.45, 7) is 1.31. The van der Waals surface area contributed by atoms with E-state index in [1.165, 1.54) is 12.1 Å². The monoisotopic (exact) mass is 464 g/mol. The Labute approximate surface area is 196 Å². The number of carboxylic acids is 2. The zero-order chi connectivity index (χ0) is 23.9. The first-order valence-corrected chi connectivity index (χ1v) is 10.8. The number of hydrogen-bond donors (Lipinski definition) is 2. The van der Waals surface area contributed by atoms with Gasteiger partial charge < -0.3 is 29.2 Å². The third-order valence-electron chi connectivity index (χ3n) is 5.27. The summed E-state index contributed by atoms with van der Waals surface area (Å²) in [5.74, 6) is 1.27. The average molecular weight is 464 g/mol. The summed E-state index contributed by atoms with van der Waals surface area (Å²) < 4.78 is 22.8. The minimum Gasteiger partial charge on any atom is -0.493 e. The zero-order valence-corrected chi connectivity index (χ0v) is 18.3. The fourth-order valence-corrected chi connectivity index (χ4v) is 3.57. The summed E-state index contributed by atoms with van der Waals surface area (Å²) in [6.07, 6.45) is 0.727. The molecule has 4 rings (SSSR count). The maximum Gasteiger partial charge on any atom is 0.335 e. The minimum atomic E-state index is -0.981. The Hall–Kier alpha value is -4.20. The molecule has 0 aromatic heterocycles. The molecular weight excluding hydrogens is 440 g/mol. The largest absolute Gasteiger partial charge is 0.493 e. The Kier molecular flexibility index (Phi) is 7.17. The van der Waals surface area contributed by atoms with Gasteiger partial charge in [0.1, 0.15) is 28.7 Å². The van der Waals surface area contributed by atoms with Crippen molar-refractivity contribution in [1.82, 2.24) is 0 Å². The van der Waals surface area contributed by atoms with Crippen molar-refractivity contribution in [2.24, 2.45) is 0 Å². The number of hydrogen-bond acceptors (Lipinski definition) is 6. The summed E-state index contributed by atoms with van der Waals surface area (Å²) in [4.78, 5) is 21.8. The van der Waals surface area contributed by atoms with Crippen molar-refractivity contribution in [2.45, 2.75) is 18.8 Å². The summed E-state index contributed by atoms with van der Waals surface area (Å²) in [6, 6.07) is 18.8. The number of fused-ring (bicyclic) bond motifs is 1. The van der Waals surface area contributed by atoms with Gasteiger partial charge in [-0.1, -0.05) is 6.07 Å². The Balaban J connectivity index is 1.18. The van der Waals surface area contributed by atoms with Gasteiger partial charge in [0.25, 0.3) is 0 Å². The standard InChI is InChI=1S/C26H24O8/c27-25(28)14-18-16-33-24-15-22(10-11-23(18)24)32-13-1-12-31-19-6-8-21(9-7-19)34-20-4-2-17(3-5-20)26(29)30/h2-11,15,18H,1,12-14,16H2,(H,27,28)(H,29,30). The van der Waals surface area contributed by atoms with E-state index in [9.17, 15) is 9.59 Å². The van der Waals surface area contributed by atoms with Crippen LogP contribution in [0.5, 0.6) is 28.7 Å². The highest BCUT2D eigenvalue weighted by Gasteiger charge is 2.26. The topological polar surface area (TPSA) is 112 Å². The molecule has 8 nitrogen and oxygen atoms in total. The molecule has 3 aromatic rings. The molecule has 1 aliphatic heterocycles. The van der Waals surface area contributed by atoms with E-state index in [1.54, 1.807) is 42.5 Å². The number of aromatic carboxylic acids is 1. The molecular formula is C26H24O8. The smallest absolute Gasteiger partial charge is 0.335 e. The first-order valence-electron chi connectivity index (χ1n) is 10.8. The third kappa shape index (κ3) is 5.98. The Morgan fingerprint density at radius 3 is 2.06 bits per heavy atom. The molecule has 0 spiro atoms. The molecule has 2 N–H and O–H groups in total. The van der Waals surface area contributed by atoms with Gasteiger partial charge in [0.15, 0.2) is 0 Å². The molecule has 1 aliphatic rings. The molecule has 0 saturated carbocycles. The van der Waals surface area contributed by atoms with Crippen LogP contribution in [0.25, 0.3) is 0 Å². The van der Waals surface area contributed by atoms with Gasteiger partial charge >= 0.3 is 11.9 Å². The van der Waals surface area contributed by atoms with Crippen molar-refractivity contribution < 1.29 is 38.7 Å². The second kappa shape index (κ2) is 10.6. The molecule has 0 bridgehead atoms. The van der Waals surface area contributed by atoms with Crippen LogP contribution < -0.4 is 18.9 Å². The molecule has 0 radical (unpaired) electrons. The molecule has 34 heavy (non-hydrogen) atoms. The molecule has 0 fully saturated rings. The lowest BCUT2D eigenvalue weighted by Gasteiger charge is -2.10. The van der Waals surface area contributed by atoms with Gasteiger partial charge in [-0.15, -0.1) is 0 Å². The van der Waals surface area contributed by atoms with Crippen molar-refractivity contribution in [3.05, 3.63) is 77.9 Å².